The molecule has 0 radical (unpaired) electrons. The summed E-state index contributed by atoms with van der Waals surface area (Å²) < 4.78 is 0. The van der Waals surface area contributed by atoms with Crippen LogP contribution in [0.4, 0.5) is 0 Å². The Kier molecular flexibility index (Phi) is 3.60. The van der Waals surface area contributed by atoms with Crippen molar-refractivity contribution in [2.24, 2.45) is 5.92 Å². The molecule has 1 amide bonds. The number of nitrogens with zero attached hydrogens (tertiary/aromatic N) is 3. The number of piperidine rings is 1. The van der Waals surface area contributed by atoms with Crippen LogP contribution < -0.4 is 0 Å². The fraction of sp³-hybridized carbons (Fsp3) is 0.417. The van der Waals surface area contributed by atoms with Gasteiger partial charge in [0.25, 0.3) is 5.91 Å². The minimum Gasteiger partial charge on any atom is -0.337 e. The van der Waals surface area contributed by atoms with E-state index in [0.717, 1.165) is 12.8 Å². The highest BCUT2D eigenvalue weighted by Gasteiger charge is 2.25. The molecule has 0 aromatic carbocycles. The number of halogens is 1. The fourth-order valence-corrected chi connectivity index (χ4v) is 2.16. The molecule has 1 aliphatic heterocycles. The van der Waals surface area contributed by atoms with Gasteiger partial charge in [0.15, 0.2) is 0 Å². The molecule has 88 valence electrons. The third kappa shape index (κ3) is 2.56. The Bertz CT molecular complexity index is 469. The average Bonchev–Trinajstić information content (AvgIpc) is 2.38. The predicted octanol–water partition coefficient (Wildman–Crippen LogP) is 2.11. The lowest BCUT2D eigenvalue weighted by Crippen LogP contribution is -2.39. The number of nitriles is 1. The SMILES string of the molecule is N#CC1CCCN(C(=O)c2cnccc2Cl)C1. The molecule has 17 heavy (non-hydrogen) atoms. The normalized spacial score (nSPS) is 19.8. The molecular weight excluding hydrogens is 238 g/mol. The summed E-state index contributed by atoms with van der Waals surface area (Å²) in [6, 6.07) is 3.81. The van der Waals surface area contributed by atoms with Gasteiger partial charge in [-0.15, -0.1) is 0 Å². The van der Waals surface area contributed by atoms with E-state index in [1.54, 1.807) is 17.2 Å². The first-order chi connectivity index (χ1) is 8.22. The van der Waals surface area contributed by atoms with E-state index in [1.807, 2.05) is 0 Å². The van der Waals surface area contributed by atoms with E-state index in [1.165, 1.54) is 6.20 Å². The van der Waals surface area contributed by atoms with Gasteiger partial charge in [-0.25, -0.2) is 0 Å². The van der Waals surface area contributed by atoms with Crippen molar-refractivity contribution in [3.63, 3.8) is 0 Å². The van der Waals surface area contributed by atoms with E-state index in [-0.39, 0.29) is 11.8 Å². The summed E-state index contributed by atoms with van der Waals surface area (Å²) in [6.07, 6.45) is 4.75. The van der Waals surface area contributed by atoms with Gasteiger partial charge in [0.05, 0.1) is 22.6 Å². The third-order valence-corrected chi connectivity index (χ3v) is 3.22. The summed E-state index contributed by atoms with van der Waals surface area (Å²) in [7, 11) is 0. The molecular formula is C12H12ClN3O. The van der Waals surface area contributed by atoms with Crippen LogP contribution in [0.2, 0.25) is 5.02 Å². The largest absolute Gasteiger partial charge is 0.337 e. The first-order valence-corrected chi connectivity index (χ1v) is 5.88. The molecule has 0 bridgehead atoms. The van der Waals surface area contributed by atoms with Gasteiger partial charge in [0.1, 0.15) is 0 Å². The summed E-state index contributed by atoms with van der Waals surface area (Å²) in [5.41, 5.74) is 0.410. The topological polar surface area (TPSA) is 57.0 Å². The molecule has 5 heteroatoms. The highest BCUT2D eigenvalue weighted by atomic mass is 35.5. The zero-order valence-corrected chi connectivity index (χ0v) is 10.0. The summed E-state index contributed by atoms with van der Waals surface area (Å²) >= 11 is 5.96. The van der Waals surface area contributed by atoms with Crippen molar-refractivity contribution in [1.82, 2.24) is 9.88 Å². The molecule has 2 heterocycles. The number of hydrogen-bond donors (Lipinski definition) is 0. The van der Waals surface area contributed by atoms with Crippen LogP contribution in [0.15, 0.2) is 18.5 Å². The lowest BCUT2D eigenvalue weighted by molar-refractivity contribution is 0.0698. The van der Waals surface area contributed by atoms with Crippen LogP contribution in [-0.2, 0) is 0 Å². The van der Waals surface area contributed by atoms with Crippen molar-refractivity contribution in [3.05, 3.63) is 29.0 Å². The van der Waals surface area contributed by atoms with E-state index in [9.17, 15) is 4.79 Å². The van der Waals surface area contributed by atoms with Crippen molar-refractivity contribution in [3.8, 4) is 6.07 Å². The Hall–Kier alpha value is -1.60. The van der Waals surface area contributed by atoms with Crippen LogP contribution in [-0.4, -0.2) is 28.9 Å². The summed E-state index contributed by atoms with van der Waals surface area (Å²) in [5, 5.41) is 9.30. The van der Waals surface area contributed by atoms with Gasteiger partial charge in [-0.3, -0.25) is 9.78 Å². The van der Waals surface area contributed by atoms with E-state index in [2.05, 4.69) is 11.1 Å². The molecule has 0 saturated carbocycles. The molecule has 2 rings (SSSR count). The van der Waals surface area contributed by atoms with Gasteiger partial charge >= 0.3 is 0 Å². The van der Waals surface area contributed by atoms with Crippen molar-refractivity contribution in [2.75, 3.05) is 13.1 Å². The lowest BCUT2D eigenvalue weighted by Gasteiger charge is -2.29. The van der Waals surface area contributed by atoms with Gasteiger partial charge < -0.3 is 4.90 Å². The highest BCUT2D eigenvalue weighted by molar-refractivity contribution is 6.33. The quantitative estimate of drug-likeness (QED) is 0.766. The fourth-order valence-electron chi connectivity index (χ4n) is 1.97. The van der Waals surface area contributed by atoms with Crippen LogP contribution in [0.3, 0.4) is 0 Å². The standard InChI is InChI=1S/C12H12ClN3O/c13-11-3-4-15-7-10(11)12(17)16-5-1-2-9(6-14)8-16/h3-4,7,9H,1-2,5,8H2. The van der Waals surface area contributed by atoms with Crippen LogP contribution in [0.5, 0.6) is 0 Å². The Morgan fingerprint density at radius 1 is 1.65 bits per heavy atom. The predicted molar refractivity (Wildman–Crippen MR) is 63.5 cm³/mol. The lowest BCUT2D eigenvalue weighted by atomic mass is 9.99. The van der Waals surface area contributed by atoms with Crippen molar-refractivity contribution in [2.45, 2.75) is 12.8 Å². The van der Waals surface area contributed by atoms with Gasteiger partial charge in [-0.05, 0) is 18.9 Å². The van der Waals surface area contributed by atoms with Gasteiger partial charge in [-0.1, -0.05) is 11.6 Å². The van der Waals surface area contributed by atoms with Crippen molar-refractivity contribution in [1.29, 1.82) is 5.26 Å². The molecule has 4 nitrogen and oxygen atoms in total. The van der Waals surface area contributed by atoms with Crippen LogP contribution in [0.25, 0.3) is 0 Å². The second-order valence-corrected chi connectivity index (χ2v) is 4.48. The molecule has 1 aromatic rings. The number of rotatable bonds is 1. The number of carbonyl (C=O) groups excluding carboxylic acids is 1. The number of likely N-dealkylation sites (tertiary alicyclic amines) is 1. The first-order valence-electron chi connectivity index (χ1n) is 5.51. The van der Waals surface area contributed by atoms with Gasteiger partial charge in [-0.2, -0.15) is 5.26 Å². The second kappa shape index (κ2) is 5.15. The minimum atomic E-state index is -0.136. The summed E-state index contributed by atoms with van der Waals surface area (Å²) in [5.74, 6) is -0.203. The molecule has 1 unspecified atom stereocenters. The average molecular weight is 250 g/mol. The Morgan fingerprint density at radius 2 is 2.47 bits per heavy atom. The maximum absolute atomic E-state index is 12.2. The third-order valence-electron chi connectivity index (χ3n) is 2.89. The van der Waals surface area contributed by atoms with Crippen molar-refractivity contribution < 1.29 is 4.79 Å². The van der Waals surface area contributed by atoms with E-state index < -0.39 is 0 Å². The Labute approximate surface area is 105 Å². The van der Waals surface area contributed by atoms with Crippen LogP contribution in [0.1, 0.15) is 23.2 Å². The molecule has 0 spiro atoms. The van der Waals surface area contributed by atoms with E-state index in [4.69, 9.17) is 16.9 Å². The van der Waals surface area contributed by atoms with Gasteiger partial charge in [0, 0.05) is 25.5 Å². The van der Waals surface area contributed by atoms with E-state index >= 15 is 0 Å². The number of amides is 1. The molecule has 1 aromatic heterocycles. The summed E-state index contributed by atoms with van der Waals surface area (Å²) in [6.45, 7) is 1.17. The Morgan fingerprint density at radius 3 is 3.18 bits per heavy atom. The van der Waals surface area contributed by atoms with Crippen LogP contribution >= 0.6 is 11.6 Å². The molecule has 0 N–H and O–H groups in total. The number of aromatic nitrogens is 1. The smallest absolute Gasteiger partial charge is 0.256 e. The maximum atomic E-state index is 12.2. The van der Waals surface area contributed by atoms with Crippen molar-refractivity contribution >= 4 is 17.5 Å². The maximum Gasteiger partial charge on any atom is 0.256 e. The molecule has 1 aliphatic rings. The zero-order chi connectivity index (χ0) is 12.3. The molecule has 1 atom stereocenters. The number of carbonyl (C=O) groups is 1. The molecule has 0 aliphatic carbocycles. The number of pyridine rings is 1. The minimum absolute atomic E-state index is 0.0665. The Balaban J connectivity index is 2.16. The zero-order valence-electron chi connectivity index (χ0n) is 9.27. The first kappa shape index (κ1) is 11.9. The summed E-state index contributed by atoms with van der Waals surface area (Å²) in [4.78, 5) is 17.8. The molecule has 1 fully saturated rings. The van der Waals surface area contributed by atoms with E-state index in [0.29, 0.717) is 23.7 Å². The van der Waals surface area contributed by atoms with Crippen LogP contribution in [0, 0.1) is 17.2 Å². The second-order valence-electron chi connectivity index (χ2n) is 4.07. The van der Waals surface area contributed by atoms with Gasteiger partial charge in [0.2, 0.25) is 0 Å². The highest BCUT2D eigenvalue weighted by Crippen LogP contribution is 2.21. The number of hydrogen-bond acceptors (Lipinski definition) is 3. The monoisotopic (exact) mass is 249 g/mol. The molecule has 1 saturated heterocycles.